The first kappa shape index (κ1) is 16.3. The summed E-state index contributed by atoms with van der Waals surface area (Å²) in [7, 11) is 1.47. The quantitative estimate of drug-likeness (QED) is 0.899. The third kappa shape index (κ3) is 3.51. The number of amides is 1. The van der Waals surface area contributed by atoms with Crippen LogP contribution in [0.1, 0.15) is 12.8 Å². The van der Waals surface area contributed by atoms with Gasteiger partial charge >= 0.3 is 0 Å². The van der Waals surface area contributed by atoms with Gasteiger partial charge in [-0.25, -0.2) is 14.4 Å². The van der Waals surface area contributed by atoms with Crippen LogP contribution in [0.2, 0.25) is 0 Å². The molecule has 0 unspecified atom stereocenters. The summed E-state index contributed by atoms with van der Waals surface area (Å²) in [4.78, 5) is 20.5. The Hall–Kier alpha value is -2.54. The fourth-order valence-corrected chi connectivity index (χ4v) is 2.80. The van der Waals surface area contributed by atoms with Crippen molar-refractivity contribution < 1.29 is 13.9 Å². The van der Waals surface area contributed by atoms with Crippen LogP contribution in [0.25, 0.3) is 11.3 Å². The molecule has 0 atom stereocenters. The molecule has 1 fully saturated rings. The van der Waals surface area contributed by atoms with Crippen LogP contribution in [0.3, 0.4) is 0 Å². The number of hydrogen-bond acceptors (Lipinski definition) is 5. The van der Waals surface area contributed by atoms with Gasteiger partial charge in [-0.1, -0.05) is 6.07 Å². The van der Waals surface area contributed by atoms with Gasteiger partial charge in [-0.05, 0) is 38.1 Å². The lowest BCUT2D eigenvalue weighted by Crippen LogP contribution is -2.34. The minimum atomic E-state index is -0.441. The summed E-state index contributed by atoms with van der Waals surface area (Å²) in [5, 5.41) is 6.02. The second-order valence-electron chi connectivity index (χ2n) is 5.62. The second kappa shape index (κ2) is 7.35. The standard InChI is InChI=1S/C17H19FN4O2/c1-24-14-4-2-3-12(18)16(14)13-9-15(21-10-20-13)22-17(23)11-5-7-19-8-6-11/h2-4,9-11,19H,5-8H2,1H3,(H,20,21,22,23). The number of hydrogen-bond donors (Lipinski definition) is 2. The van der Waals surface area contributed by atoms with E-state index in [2.05, 4.69) is 20.6 Å². The molecule has 0 radical (unpaired) electrons. The van der Waals surface area contributed by atoms with Crippen molar-refractivity contribution in [2.24, 2.45) is 5.92 Å². The molecule has 7 heteroatoms. The number of benzene rings is 1. The van der Waals surface area contributed by atoms with Gasteiger partial charge in [0.25, 0.3) is 0 Å². The van der Waals surface area contributed by atoms with Crippen molar-refractivity contribution in [3.05, 3.63) is 36.4 Å². The minimum Gasteiger partial charge on any atom is -0.496 e. The number of aromatic nitrogens is 2. The number of methoxy groups -OCH3 is 1. The number of nitrogens with one attached hydrogen (secondary N) is 2. The first-order valence-electron chi connectivity index (χ1n) is 7.85. The van der Waals surface area contributed by atoms with Crippen molar-refractivity contribution in [2.75, 3.05) is 25.5 Å². The van der Waals surface area contributed by atoms with Crippen LogP contribution in [-0.4, -0.2) is 36.1 Å². The number of nitrogens with zero attached hydrogens (tertiary/aromatic N) is 2. The van der Waals surface area contributed by atoms with Crippen LogP contribution < -0.4 is 15.4 Å². The SMILES string of the molecule is COc1cccc(F)c1-c1cc(NC(=O)C2CCNCC2)ncn1. The normalized spacial score (nSPS) is 15.1. The highest BCUT2D eigenvalue weighted by Gasteiger charge is 2.21. The molecule has 3 rings (SSSR count). The molecule has 6 nitrogen and oxygen atoms in total. The average molecular weight is 330 g/mol. The summed E-state index contributed by atoms with van der Waals surface area (Å²) >= 11 is 0. The van der Waals surface area contributed by atoms with E-state index in [0.29, 0.717) is 17.3 Å². The summed E-state index contributed by atoms with van der Waals surface area (Å²) in [5.41, 5.74) is 0.611. The molecule has 1 saturated heterocycles. The van der Waals surface area contributed by atoms with Gasteiger partial charge in [-0.15, -0.1) is 0 Å². The molecule has 1 aromatic heterocycles. The van der Waals surface area contributed by atoms with Gasteiger partial charge in [-0.3, -0.25) is 4.79 Å². The maximum absolute atomic E-state index is 14.2. The summed E-state index contributed by atoms with van der Waals surface area (Å²) in [6.45, 7) is 1.67. The van der Waals surface area contributed by atoms with Crippen molar-refractivity contribution in [3.63, 3.8) is 0 Å². The molecule has 1 aliphatic heterocycles. The molecule has 0 bridgehead atoms. The van der Waals surface area contributed by atoms with Gasteiger partial charge in [0.1, 0.15) is 23.7 Å². The monoisotopic (exact) mass is 330 g/mol. The Bertz CT molecular complexity index is 732. The van der Waals surface area contributed by atoms with Crippen LogP contribution in [0.5, 0.6) is 5.75 Å². The number of carbonyl (C=O) groups is 1. The van der Waals surface area contributed by atoms with E-state index in [1.807, 2.05) is 0 Å². The molecule has 1 aliphatic rings. The first-order valence-corrected chi connectivity index (χ1v) is 7.85. The smallest absolute Gasteiger partial charge is 0.228 e. The van der Waals surface area contributed by atoms with Crippen molar-refractivity contribution in [1.82, 2.24) is 15.3 Å². The Morgan fingerprint density at radius 2 is 2.12 bits per heavy atom. The zero-order valence-electron chi connectivity index (χ0n) is 13.4. The van der Waals surface area contributed by atoms with Crippen LogP contribution in [0, 0.1) is 11.7 Å². The lowest BCUT2D eigenvalue weighted by molar-refractivity contribution is -0.120. The maximum Gasteiger partial charge on any atom is 0.228 e. The van der Waals surface area contributed by atoms with Crippen LogP contribution >= 0.6 is 0 Å². The van der Waals surface area contributed by atoms with Crippen LogP contribution in [0.15, 0.2) is 30.6 Å². The Labute approximate surface area is 139 Å². The zero-order valence-corrected chi connectivity index (χ0v) is 13.4. The van der Waals surface area contributed by atoms with Gasteiger partial charge in [0.05, 0.1) is 18.4 Å². The van der Waals surface area contributed by atoms with Crippen molar-refractivity contribution >= 4 is 11.7 Å². The van der Waals surface area contributed by atoms with Gasteiger partial charge < -0.3 is 15.4 Å². The molecule has 2 heterocycles. The van der Waals surface area contributed by atoms with Gasteiger partial charge in [-0.2, -0.15) is 0 Å². The zero-order chi connectivity index (χ0) is 16.9. The van der Waals surface area contributed by atoms with Crippen molar-refractivity contribution in [2.45, 2.75) is 12.8 Å². The summed E-state index contributed by atoms with van der Waals surface area (Å²) < 4.78 is 19.4. The van der Waals surface area contributed by atoms with E-state index in [0.717, 1.165) is 25.9 Å². The van der Waals surface area contributed by atoms with Gasteiger partial charge in [0.15, 0.2) is 0 Å². The molecule has 0 aliphatic carbocycles. The Morgan fingerprint density at radius 1 is 1.33 bits per heavy atom. The van der Waals surface area contributed by atoms with Crippen LogP contribution in [0.4, 0.5) is 10.2 Å². The van der Waals surface area contributed by atoms with Gasteiger partial charge in [0, 0.05) is 12.0 Å². The lowest BCUT2D eigenvalue weighted by atomic mass is 9.97. The Balaban J connectivity index is 1.83. The summed E-state index contributed by atoms with van der Waals surface area (Å²) in [5.74, 6) is 0.191. The van der Waals surface area contributed by atoms with E-state index >= 15 is 0 Å². The van der Waals surface area contributed by atoms with E-state index in [-0.39, 0.29) is 17.4 Å². The predicted octanol–water partition coefficient (Wildman–Crippen LogP) is 2.23. The fraction of sp³-hybridized carbons (Fsp3) is 0.353. The van der Waals surface area contributed by atoms with Crippen LogP contribution in [-0.2, 0) is 4.79 Å². The number of halogens is 1. The minimum absolute atomic E-state index is 0.0346. The molecule has 0 saturated carbocycles. The molecule has 126 valence electrons. The molecule has 24 heavy (non-hydrogen) atoms. The third-order valence-corrected chi connectivity index (χ3v) is 4.08. The number of anilines is 1. The van der Waals surface area contributed by atoms with Crippen molar-refractivity contribution in [1.29, 1.82) is 0 Å². The third-order valence-electron chi connectivity index (χ3n) is 4.08. The highest BCUT2D eigenvalue weighted by atomic mass is 19.1. The highest BCUT2D eigenvalue weighted by Crippen LogP contribution is 2.31. The first-order chi connectivity index (χ1) is 11.7. The maximum atomic E-state index is 14.2. The number of rotatable bonds is 4. The molecule has 2 N–H and O–H groups in total. The second-order valence-corrected chi connectivity index (χ2v) is 5.62. The molecular formula is C17H19FN4O2. The number of piperidine rings is 1. The summed E-state index contributed by atoms with van der Waals surface area (Å²) in [6.07, 6.45) is 2.90. The molecule has 1 amide bonds. The van der Waals surface area contributed by atoms with E-state index in [4.69, 9.17) is 4.74 Å². The topological polar surface area (TPSA) is 76.1 Å². The molecule has 1 aromatic carbocycles. The van der Waals surface area contributed by atoms with E-state index in [1.165, 1.54) is 19.5 Å². The molecular weight excluding hydrogens is 311 g/mol. The summed E-state index contributed by atoms with van der Waals surface area (Å²) in [6, 6.07) is 6.12. The van der Waals surface area contributed by atoms with E-state index < -0.39 is 5.82 Å². The Morgan fingerprint density at radius 3 is 2.88 bits per heavy atom. The average Bonchev–Trinajstić information content (AvgIpc) is 2.62. The Kier molecular flexibility index (Phi) is 5.00. The van der Waals surface area contributed by atoms with Crippen molar-refractivity contribution in [3.8, 4) is 17.0 Å². The van der Waals surface area contributed by atoms with Gasteiger partial charge in [0.2, 0.25) is 5.91 Å². The molecule has 2 aromatic rings. The lowest BCUT2D eigenvalue weighted by Gasteiger charge is -2.21. The molecule has 0 spiro atoms. The fourth-order valence-electron chi connectivity index (χ4n) is 2.80. The largest absolute Gasteiger partial charge is 0.496 e. The number of ether oxygens (including phenoxy) is 1. The highest BCUT2D eigenvalue weighted by molar-refractivity contribution is 5.92. The predicted molar refractivity (Wildman–Crippen MR) is 88.2 cm³/mol. The van der Waals surface area contributed by atoms with E-state index in [1.54, 1.807) is 18.2 Å². The van der Waals surface area contributed by atoms with E-state index in [9.17, 15) is 9.18 Å². The number of carbonyl (C=O) groups excluding carboxylic acids is 1.